The van der Waals surface area contributed by atoms with Crippen LogP contribution in [0.2, 0.25) is 0 Å². The maximum atomic E-state index is 12.4. The first-order chi connectivity index (χ1) is 13.2. The second kappa shape index (κ2) is 8.17. The van der Waals surface area contributed by atoms with Crippen LogP contribution in [0, 0.1) is 6.92 Å². The highest BCUT2D eigenvalue weighted by Crippen LogP contribution is 2.27. The number of hydrogen-bond acceptors (Lipinski definition) is 4. The Morgan fingerprint density at radius 3 is 2.67 bits per heavy atom. The quantitative estimate of drug-likeness (QED) is 0.595. The van der Waals surface area contributed by atoms with Crippen molar-refractivity contribution in [2.24, 2.45) is 0 Å². The number of aromatic nitrogens is 1. The Morgan fingerprint density at radius 1 is 1.15 bits per heavy atom. The van der Waals surface area contributed by atoms with Crippen molar-refractivity contribution in [3.63, 3.8) is 0 Å². The van der Waals surface area contributed by atoms with Crippen LogP contribution in [0.5, 0.6) is 0 Å². The summed E-state index contributed by atoms with van der Waals surface area (Å²) in [4.78, 5) is 17.0. The lowest BCUT2D eigenvalue weighted by molar-refractivity contribution is 0.0927. The number of aryl methyl sites for hydroxylation is 1. The Labute approximate surface area is 163 Å². The third-order valence-electron chi connectivity index (χ3n) is 5.12. The van der Waals surface area contributed by atoms with E-state index >= 15 is 0 Å². The second-order valence-electron chi connectivity index (χ2n) is 7.20. The largest absolute Gasteiger partial charge is 0.431 e. The summed E-state index contributed by atoms with van der Waals surface area (Å²) >= 11 is 1.57. The van der Waals surface area contributed by atoms with E-state index in [1.165, 1.54) is 19.3 Å². The van der Waals surface area contributed by atoms with Crippen molar-refractivity contribution < 1.29 is 9.21 Å². The summed E-state index contributed by atoms with van der Waals surface area (Å²) in [5.41, 5.74) is 4.75. The summed E-state index contributed by atoms with van der Waals surface area (Å²) in [7, 11) is 0. The molecule has 140 valence electrons. The zero-order valence-electron chi connectivity index (χ0n) is 15.5. The number of carbonyl (C=O) groups is 1. The molecule has 3 aromatic rings. The Balaban J connectivity index is 1.35. The lowest BCUT2D eigenvalue weighted by atomic mass is 9.95. The molecule has 27 heavy (non-hydrogen) atoms. The van der Waals surface area contributed by atoms with E-state index in [-0.39, 0.29) is 5.91 Å². The molecule has 0 atom stereocenters. The Bertz CT molecular complexity index is 927. The molecule has 5 heteroatoms. The summed E-state index contributed by atoms with van der Waals surface area (Å²) in [6, 6.07) is 14.1. The Hall–Kier alpha value is -2.27. The molecule has 2 aromatic carbocycles. The molecule has 0 aliphatic heterocycles. The van der Waals surface area contributed by atoms with Crippen LogP contribution in [0.15, 0.2) is 52.1 Å². The third kappa shape index (κ3) is 4.35. The number of nitrogens with zero attached hydrogens (tertiary/aromatic N) is 1. The highest BCUT2D eigenvalue weighted by molar-refractivity contribution is 7.98. The first-order valence-corrected chi connectivity index (χ1v) is 10.6. The molecule has 4 rings (SSSR count). The number of benzene rings is 2. The predicted octanol–water partition coefficient (Wildman–Crippen LogP) is 5.49. The number of para-hydroxylation sites is 1. The SMILES string of the molecule is Cc1cccc2oc(SCc3ccc(C(=O)NC4CCCCC4)cc3)nc12. The summed E-state index contributed by atoms with van der Waals surface area (Å²) in [5.74, 6) is 0.798. The van der Waals surface area contributed by atoms with Crippen LogP contribution in [-0.4, -0.2) is 16.9 Å². The maximum absolute atomic E-state index is 12.4. The minimum atomic E-state index is 0.0375. The molecule has 0 radical (unpaired) electrons. The van der Waals surface area contributed by atoms with Gasteiger partial charge < -0.3 is 9.73 Å². The molecule has 1 aliphatic carbocycles. The van der Waals surface area contributed by atoms with Gasteiger partial charge >= 0.3 is 0 Å². The van der Waals surface area contributed by atoms with Gasteiger partial charge in [0.15, 0.2) is 5.58 Å². The number of carbonyl (C=O) groups excluding carboxylic acids is 1. The fourth-order valence-corrected chi connectivity index (χ4v) is 4.33. The van der Waals surface area contributed by atoms with E-state index in [1.54, 1.807) is 11.8 Å². The summed E-state index contributed by atoms with van der Waals surface area (Å²) in [5, 5.41) is 3.84. The van der Waals surface area contributed by atoms with Crippen molar-refractivity contribution in [2.45, 2.75) is 56.0 Å². The molecule has 1 aliphatic rings. The molecule has 1 heterocycles. The zero-order valence-corrected chi connectivity index (χ0v) is 16.3. The van der Waals surface area contributed by atoms with Crippen molar-refractivity contribution >= 4 is 28.8 Å². The van der Waals surface area contributed by atoms with Gasteiger partial charge in [-0.15, -0.1) is 0 Å². The van der Waals surface area contributed by atoms with Crippen LogP contribution >= 0.6 is 11.8 Å². The molecule has 1 saturated carbocycles. The number of rotatable bonds is 5. The van der Waals surface area contributed by atoms with Crippen LogP contribution in [-0.2, 0) is 5.75 Å². The van der Waals surface area contributed by atoms with Gasteiger partial charge in [-0.25, -0.2) is 4.98 Å². The van der Waals surface area contributed by atoms with Gasteiger partial charge in [0.2, 0.25) is 0 Å². The van der Waals surface area contributed by atoms with E-state index in [0.717, 1.165) is 46.4 Å². The highest BCUT2D eigenvalue weighted by Gasteiger charge is 2.16. The number of oxazole rings is 1. The molecular formula is C22H24N2O2S. The van der Waals surface area contributed by atoms with Crippen molar-refractivity contribution in [1.82, 2.24) is 10.3 Å². The Morgan fingerprint density at radius 2 is 1.93 bits per heavy atom. The van der Waals surface area contributed by atoms with E-state index in [1.807, 2.05) is 49.4 Å². The maximum Gasteiger partial charge on any atom is 0.257 e. The van der Waals surface area contributed by atoms with Gasteiger partial charge in [-0.05, 0) is 49.1 Å². The van der Waals surface area contributed by atoms with Gasteiger partial charge in [0.1, 0.15) is 5.52 Å². The first kappa shape index (κ1) is 18.1. The molecule has 0 unspecified atom stereocenters. The van der Waals surface area contributed by atoms with Gasteiger partial charge in [-0.2, -0.15) is 0 Å². The fourth-order valence-electron chi connectivity index (χ4n) is 3.54. The topological polar surface area (TPSA) is 55.1 Å². The average Bonchev–Trinajstić information content (AvgIpc) is 3.12. The standard InChI is InChI=1S/C22H24N2O2S/c1-15-6-5-9-19-20(15)24-22(26-19)27-14-16-10-12-17(13-11-16)21(25)23-18-7-3-2-4-8-18/h5-6,9-13,18H,2-4,7-8,14H2,1H3,(H,23,25). The van der Waals surface area contributed by atoms with Gasteiger partial charge in [0, 0.05) is 17.4 Å². The molecule has 0 bridgehead atoms. The van der Waals surface area contributed by atoms with Crippen molar-refractivity contribution in [1.29, 1.82) is 0 Å². The molecular weight excluding hydrogens is 356 g/mol. The Kier molecular flexibility index (Phi) is 5.48. The van der Waals surface area contributed by atoms with E-state index in [2.05, 4.69) is 10.3 Å². The summed E-state index contributed by atoms with van der Waals surface area (Å²) in [6.45, 7) is 2.04. The number of fused-ring (bicyclic) bond motifs is 1. The van der Waals surface area contributed by atoms with Gasteiger partial charge in [0.05, 0.1) is 0 Å². The molecule has 0 saturated heterocycles. The summed E-state index contributed by atoms with van der Waals surface area (Å²) in [6.07, 6.45) is 5.93. The lowest BCUT2D eigenvalue weighted by Gasteiger charge is -2.22. The zero-order chi connectivity index (χ0) is 18.6. The van der Waals surface area contributed by atoms with Crippen LogP contribution < -0.4 is 5.32 Å². The van der Waals surface area contributed by atoms with Crippen LogP contribution in [0.3, 0.4) is 0 Å². The van der Waals surface area contributed by atoms with Gasteiger partial charge in [-0.1, -0.05) is 55.3 Å². The molecule has 1 N–H and O–H groups in total. The number of hydrogen-bond donors (Lipinski definition) is 1. The van der Waals surface area contributed by atoms with Crippen molar-refractivity contribution in [3.05, 3.63) is 59.2 Å². The van der Waals surface area contributed by atoms with Crippen LogP contribution in [0.4, 0.5) is 0 Å². The normalized spacial score (nSPS) is 15.1. The number of nitrogens with one attached hydrogen (secondary N) is 1. The minimum absolute atomic E-state index is 0.0375. The number of thioether (sulfide) groups is 1. The molecule has 1 amide bonds. The second-order valence-corrected chi connectivity index (χ2v) is 8.12. The average molecular weight is 381 g/mol. The van der Waals surface area contributed by atoms with Crippen molar-refractivity contribution in [2.75, 3.05) is 0 Å². The monoisotopic (exact) mass is 380 g/mol. The van der Waals surface area contributed by atoms with Crippen LogP contribution in [0.1, 0.15) is 53.6 Å². The molecule has 0 spiro atoms. The van der Waals surface area contributed by atoms with Gasteiger partial charge in [-0.3, -0.25) is 4.79 Å². The molecule has 4 nitrogen and oxygen atoms in total. The smallest absolute Gasteiger partial charge is 0.257 e. The number of amides is 1. The highest BCUT2D eigenvalue weighted by atomic mass is 32.2. The minimum Gasteiger partial charge on any atom is -0.431 e. The molecule has 1 aromatic heterocycles. The van der Waals surface area contributed by atoms with Crippen LogP contribution in [0.25, 0.3) is 11.1 Å². The van der Waals surface area contributed by atoms with E-state index in [4.69, 9.17) is 4.42 Å². The van der Waals surface area contributed by atoms with E-state index < -0.39 is 0 Å². The fraction of sp³-hybridized carbons (Fsp3) is 0.364. The lowest BCUT2D eigenvalue weighted by Crippen LogP contribution is -2.36. The third-order valence-corrected chi connectivity index (χ3v) is 6.02. The summed E-state index contributed by atoms with van der Waals surface area (Å²) < 4.78 is 5.80. The van der Waals surface area contributed by atoms with E-state index in [0.29, 0.717) is 11.3 Å². The predicted molar refractivity (Wildman–Crippen MR) is 109 cm³/mol. The van der Waals surface area contributed by atoms with Gasteiger partial charge in [0.25, 0.3) is 11.1 Å². The van der Waals surface area contributed by atoms with Crippen molar-refractivity contribution in [3.8, 4) is 0 Å². The molecule has 1 fully saturated rings. The van der Waals surface area contributed by atoms with E-state index in [9.17, 15) is 4.79 Å². The first-order valence-electron chi connectivity index (χ1n) is 9.58.